The fourth-order valence-corrected chi connectivity index (χ4v) is 3.61. The maximum Gasteiger partial charge on any atom is 0.279 e. The number of para-hydroxylation sites is 1. The van der Waals surface area contributed by atoms with Gasteiger partial charge < -0.3 is 4.74 Å². The molecule has 1 heterocycles. The van der Waals surface area contributed by atoms with Gasteiger partial charge in [-0.1, -0.05) is 42.1 Å². The largest absolute Gasteiger partial charge is 0.481 e. The third-order valence-corrected chi connectivity index (χ3v) is 5.19. The Balaban J connectivity index is 1.47. The molecule has 0 radical (unpaired) electrons. The van der Waals surface area contributed by atoms with Crippen molar-refractivity contribution in [1.29, 1.82) is 0 Å². The van der Waals surface area contributed by atoms with E-state index in [9.17, 15) is 9.59 Å². The Labute approximate surface area is 185 Å². The molecule has 1 unspecified atom stereocenters. The van der Waals surface area contributed by atoms with E-state index in [4.69, 9.17) is 4.74 Å². The number of nitrogens with zero attached hydrogens (tertiary/aromatic N) is 2. The van der Waals surface area contributed by atoms with Gasteiger partial charge in [-0.25, -0.2) is 9.97 Å². The normalized spacial score (nSPS) is 11.5. The van der Waals surface area contributed by atoms with Gasteiger partial charge in [0.25, 0.3) is 11.8 Å². The second kappa shape index (κ2) is 10.6. The number of thioether (sulfide) groups is 1. The van der Waals surface area contributed by atoms with Crippen molar-refractivity contribution in [3.05, 3.63) is 83.2 Å². The molecule has 0 saturated heterocycles. The average molecular weight is 437 g/mol. The Hall–Kier alpha value is -3.39. The Kier molecular flexibility index (Phi) is 7.61. The molecule has 31 heavy (non-hydrogen) atoms. The van der Waals surface area contributed by atoms with Crippen LogP contribution < -0.4 is 15.6 Å². The number of aromatic nitrogens is 2. The molecule has 7 nitrogen and oxygen atoms in total. The lowest BCUT2D eigenvalue weighted by Crippen LogP contribution is -2.47. The molecule has 0 aliphatic heterocycles. The lowest BCUT2D eigenvalue weighted by molar-refractivity contribution is -0.128. The lowest BCUT2D eigenvalue weighted by Gasteiger charge is -2.15. The van der Waals surface area contributed by atoms with Crippen molar-refractivity contribution in [2.45, 2.75) is 37.8 Å². The van der Waals surface area contributed by atoms with E-state index in [1.54, 1.807) is 43.0 Å². The molecule has 0 aliphatic carbocycles. The molecule has 160 valence electrons. The first-order valence-electron chi connectivity index (χ1n) is 9.76. The summed E-state index contributed by atoms with van der Waals surface area (Å²) < 4.78 is 5.53. The van der Waals surface area contributed by atoms with E-state index in [1.807, 2.05) is 50.2 Å². The fraction of sp³-hybridized carbons (Fsp3) is 0.217. The van der Waals surface area contributed by atoms with Crippen molar-refractivity contribution in [3.63, 3.8) is 0 Å². The number of ether oxygens (including phenoxy) is 1. The van der Waals surface area contributed by atoms with Gasteiger partial charge in [0.1, 0.15) is 5.75 Å². The van der Waals surface area contributed by atoms with Gasteiger partial charge in [-0.15, -0.1) is 0 Å². The van der Waals surface area contributed by atoms with E-state index in [2.05, 4.69) is 20.8 Å². The zero-order chi connectivity index (χ0) is 22.2. The predicted molar refractivity (Wildman–Crippen MR) is 120 cm³/mol. The van der Waals surface area contributed by atoms with Crippen LogP contribution in [-0.2, 0) is 10.5 Å². The predicted octanol–water partition coefficient (Wildman–Crippen LogP) is 3.61. The fourth-order valence-electron chi connectivity index (χ4n) is 2.71. The number of amides is 2. The van der Waals surface area contributed by atoms with E-state index in [0.717, 1.165) is 22.1 Å². The summed E-state index contributed by atoms with van der Waals surface area (Å²) in [4.78, 5) is 33.3. The van der Waals surface area contributed by atoms with Gasteiger partial charge in [-0.05, 0) is 56.7 Å². The van der Waals surface area contributed by atoms with E-state index in [1.165, 1.54) is 0 Å². The zero-order valence-corrected chi connectivity index (χ0v) is 18.4. The number of carbonyl (C=O) groups is 2. The topological polar surface area (TPSA) is 93.2 Å². The number of benzene rings is 2. The maximum atomic E-state index is 12.3. The van der Waals surface area contributed by atoms with Gasteiger partial charge in [0, 0.05) is 22.7 Å². The Morgan fingerprint density at radius 3 is 2.26 bits per heavy atom. The average Bonchev–Trinajstić information content (AvgIpc) is 2.76. The highest BCUT2D eigenvalue weighted by Crippen LogP contribution is 2.20. The van der Waals surface area contributed by atoms with Crippen LogP contribution in [0.1, 0.15) is 34.2 Å². The Morgan fingerprint density at radius 1 is 0.968 bits per heavy atom. The number of hydrazine groups is 1. The lowest BCUT2D eigenvalue weighted by atomic mass is 10.1. The molecule has 0 bridgehead atoms. The quantitative estimate of drug-likeness (QED) is 0.334. The molecule has 3 rings (SSSR count). The summed E-state index contributed by atoms with van der Waals surface area (Å²) in [7, 11) is 0. The summed E-state index contributed by atoms with van der Waals surface area (Å²) >= 11 is 1.54. The first kappa shape index (κ1) is 22.3. The SMILES string of the molecule is Cc1cc(C)nc(SCc2ccc(C(=O)NNC(=O)C(C)Oc3ccccc3)cc2)n1. The standard InChI is InChI=1S/C23H24N4O3S/c1-15-13-16(2)25-23(24-15)31-14-18-9-11-19(12-10-18)22(29)27-26-21(28)17(3)30-20-7-5-4-6-8-20/h4-13,17H,14H2,1-3H3,(H,26,28)(H,27,29). The van der Waals surface area contributed by atoms with Crippen molar-refractivity contribution in [2.75, 3.05) is 0 Å². The second-order valence-electron chi connectivity index (χ2n) is 6.94. The zero-order valence-electron chi connectivity index (χ0n) is 17.6. The highest BCUT2D eigenvalue weighted by molar-refractivity contribution is 7.98. The molecule has 2 N–H and O–H groups in total. The van der Waals surface area contributed by atoms with Gasteiger partial charge in [0.15, 0.2) is 11.3 Å². The molecule has 0 aliphatic rings. The van der Waals surface area contributed by atoms with Crippen LogP contribution in [0.2, 0.25) is 0 Å². The summed E-state index contributed by atoms with van der Waals surface area (Å²) in [5, 5.41) is 0.730. The van der Waals surface area contributed by atoms with Gasteiger partial charge in [-0.2, -0.15) is 0 Å². The van der Waals surface area contributed by atoms with E-state index >= 15 is 0 Å². The van der Waals surface area contributed by atoms with Crippen molar-refractivity contribution in [1.82, 2.24) is 20.8 Å². The van der Waals surface area contributed by atoms with Crippen molar-refractivity contribution >= 4 is 23.6 Å². The van der Waals surface area contributed by atoms with Gasteiger partial charge in [0.05, 0.1) is 0 Å². The Bertz CT molecular complexity index is 1020. The third-order valence-electron chi connectivity index (χ3n) is 4.27. The first-order chi connectivity index (χ1) is 14.9. The molecular weight excluding hydrogens is 412 g/mol. The number of hydrogen-bond acceptors (Lipinski definition) is 6. The Morgan fingerprint density at radius 2 is 1.61 bits per heavy atom. The smallest absolute Gasteiger partial charge is 0.279 e. The number of rotatable bonds is 7. The highest BCUT2D eigenvalue weighted by atomic mass is 32.2. The van der Waals surface area contributed by atoms with Crippen LogP contribution in [0.4, 0.5) is 0 Å². The van der Waals surface area contributed by atoms with Crippen molar-refractivity contribution < 1.29 is 14.3 Å². The van der Waals surface area contributed by atoms with Gasteiger partial charge >= 0.3 is 0 Å². The molecule has 2 aromatic carbocycles. The molecule has 0 fully saturated rings. The van der Waals surface area contributed by atoms with Crippen molar-refractivity contribution in [2.24, 2.45) is 0 Å². The summed E-state index contributed by atoms with van der Waals surface area (Å²) in [5.74, 6) is 0.419. The molecule has 3 aromatic rings. The van der Waals surface area contributed by atoms with Crippen LogP contribution in [0.15, 0.2) is 65.8 Å². The summed E-state index contributed by atoms with van der Waals surface area (Å²) in [6.07, 6.45) is -0.755. The van der Waals surface area contributed by atoms with Crippen LogP contribution in [0.5, 0.6) is 5.75 Å². The molecule has 8 heteroatoms. The van der Waals surface area contributed by atoms with Crippen molar-refractivity contribution in [3.8, 4) is 5.75 Å². The summed E-state index contributed by atoms with van der Waals surface area (Å²) in [5.41, 5.74) is 8.15. The molecule has 0 spiro atoms. The summed E-state index contributed by atoms with van der Waals surface area (Å²) in [6, 6.07) is 18.1. The number of hydrogen-bond donors (Lipinski definition) is 2. The molecule has 0 saturated carbocycles. The molecule has 2 amide bonds. The second-order valence-corrected chi connectivity index (χ2v) is 7.88. The molecule has 1 atom stereocenters. The van der Waals surface area contributed by atoms with Gasteiger partial charge in [0.2, 0.25) is 0 Å². The van der Waals surface area contributed by atoms with Crippen LogP contribution in [-0.4, -0.2) is 27.9 Å². The van der Waals surface area contributed by atoms with Crippen LogP contribution in [0, 0.1) is 13.8 Å². The van der Waals surface area contributed by atoms with E-state index in [-0.39, 0.29) is 0 Å². The van der Waals surface area contributed by atoms with E-state index < -0.39 is 17.9 Å². The number of aryl methyl sites for hydroxylation is 2. The molecular formula is C23H24N4O3S. The van der Waals surface area contributed by atoms with Crippen LogP contribution in [0.3, 0.4) is 0 Å². The highest BCUT2D eigenvalue weighted by Gasteiger charge is 2.16. The number of nitrogens with one attached hydrogen (secondary N) is 2. The van der Waals surface area contributed by atoms with Gasteiger partial charge in [-0.3, -0.25) is 20.4 Å². The maximum absolute atomic E-state index is 12.3. The molecule has 1 aromatic heterocycles. The first-order valence-corrected chi connectivity index (χ1v) is 10.7. The number of carbonyl (C=O) groups excluding carboxylic acids is 2. The van der Waals surface area contributed by atoms with E-state index in [0.29, 0.717) is 17.1 Å². The minimum Gasteiger partial charge on any atom is -0.481 e. The minimum atomic E-state index is -0.755. The van der Waals surface area contributed by atoms with Crippen LogP contribution >= 0.6 is 11.8 Å². The third kappa shape index (κ3) is 6.82. The minimum absolute atomic E-state index is 0.405. The monoisotopic (exact) mass is 436 g/mol. The van der Waals surface area contributed by atoms with Crippen LogP contribution in [0.25, 0.3) is 0 Å². The summed E-state index contributed by atoms with van der Waals surface area (Å²) in [6.45, 7) is 5.50.